The number of nitrogens with one attached hydrogen (secondary N) is 2. The molecule has 2 heterocycles. The van der Waals surface area contributed by atoms with Crippen molar-refractivity contribution in [2.45, 2.75) is 6.04 Å². The third-order valence-electron chi connectivity index (χ3n) is 3.15. The Balaban J connectivity index is 1.77. The monoisotopic (exact) mass is 241 g/mol. The lowest BCUT2D eigenvalue weighted by molar-refractivity contribution is -0.122. The molecule has 2 saturated heterocycles. The van der Waals surface area contributed by atoms with Crippen LogP contribution in [0, 0.1) is 0 Å². The van der Waals surface area contributed by atoms with E-state index in [1.54, 1.807) is 0 Å². The zero-order chi connectivity index (χ0) is 12.3. The molecule has 0 radical (unpaired) electrons. The lowest BCUT2D eigenvalue weighted by Crippen LogP contribution is -2.54. The standard InChI is InChI=1S/C10H19N5O2/c11-1-2-12-9(16)7-14-3-4-15-8(6-14)5-13-10(15)17/h8H,1-7,11H2,(H,12,16)(H,13,17). The molecule has 0 aromatic carbocycles. The summed E-state index contributed by atoms with van der Waals surface area (Å²) in [4.78, 5) is 26.8. The summed E-state index contributed by atoms with van der Waals surface area (Å²) in [5, 5.41) is 5.56. The number of hydrogen-bond donors (Lipinski definition) is 3. The molecule has 0 saturated carbocycles. The Morgan fingerprint density at radius 3 is 3.12 bits per heavy atom. The minimum absolute atomic E-state index is 0.00110. The van der Waals surface area contributed by atoms with E-state index in [9.17, 15) is 9.59 Å². The van der Waals surface area contributed by atoms with Crippen molar-refractivity contribution in [1.82, 2.24) is 20.4 Å². The molecule has 2 aliphatic rings. The van der Waals surface area contributed by atoms with Gasteiger partial charge in [-0.2, -0.15) is 0 Å². The minimum Gasteiger partial charge on any atom is -0.354 e. The van der Waals surface area contributed by atoms with E-state index in [0.717, 1.165) is 13.1 Å². The molecule has 0 spiro atoms. The first kappa shape index (κ1) is 12.1. The second kappa shape index (κ2) is 5.33. The van der Waals surface area contributed by atoms with Crippen molar-refractivity contribution in [2.75, 3.05) is 45.8 Å². The summed E-state index contributed by atoms with van der Waals surface area (Å²) in [5.74, 6) is 0.00110. The van der Waals surface area contributed by atoms with Crippen LogP contribution in [0.5, 0.6) is 0 Å². The van der Waals surface area contributed by atoms with Crippen molar-refractivity contribution in [3.63, 3.8) is 0 Å². The van der Waals surface area contributed by atoms with Crippen LogP contribution in [-0.2, 0) is 4.79 Å². The van der Waals surface area contributed by atoms with Crippen molar-refractivity contribution < 1.29 is 9.59 Å². The van der Waals surface area contributed by atoms with Gasteiger partial charge in [0.2, 0.25) is 5.91 Å². The van der Waals surface area contributed by atoms with Crippen LogP contribution in [-0.4, -0.2) is 73.6 Å². The van der Waals surface area contributed by atoms with Gasteiger partial charge in [0.15, 0.2) is 0 Å². The Morgan fingerprint density at radius 2 is 2.35 bits per heavy atom. The molecule has 7 heteroatoms. The highest BCUT2D eigenvalue weighted by Crippen LogP contribution is 2.13. The zero-order valence-corrected chi connectivity index (χ0v) is 9.82. The first-order valence-corrected chi connectivity index (χ1v) is 5.94. The molecule has 4 N–H and O–H groups in total. The van der Waals surface area contributed by atoms with Crippen LogP contribution in [0.25, 0.3) is 0 Å². The molecule has 17 heavy (non-hydrogen) atoms. The molecule has 2 rings (SSSR count). The Bertz CT molecular complexity index is 309. The van der Waals surface area contributed by atoms with Crippen LogP contribution in [0.15, 0.2) is 0 Å². The number of hydrogen-bond acceptors (Lipinski definition) is 4. The number of nitrogens with two attached hydrogens (primary N) is 1. The van der Waals surface area contributed by atoms with Crippen LogP contribution in [0.1, 0.15) is 0 Å². The van der Waals surface area contributed by atoms with Crippen LogP contribution >= 0.6 is 0 Å². The van der Waals surface area contributed by atoms with Gasteiger partial charge in [-0.05, 0) is 0 Å². The van der Waals surface area contributed by atoms with E-state index in [1.807, 2.05) is 4.90 Å². The smallest absolute Gasteiger partial charge is 0.317 e. The highest BCUT2D eigenvalue weighted by Gasteiger charge is 2.35. The molecule has 3 amide bonds. The summed E-state index contributed by atoms with van der Waals surface area (Å²) < 4.78 is 0. The Labute approximate surface area is 100 Å². The van der Waals surface area contributed by atoms with Crippen molar-refractivity contribution in [2.24, 2.45) is 5.73 Å². The first-order valence-electron chi connectivity index (χ1n) is 5.94. The van der Waals surface area contributed by atoms with Gasteiger partial charge in [-0.15, -0.1) is 0 Å². The summed E-state index contributed by atoms with van der Waals surface area (Å²) in [6.45, 7) is 4.25. The van der Waals surface area contributed by atoms with E-state index in [4.69, 9.17) is 5.73 Å². The Kier molecular flexibility index (Phi) is 3.80. The molecule has 2 aliphatic heterocycles. The third-order valence-corrected chi connectivity index (χ3v) is 3.15. The van der Waals surface area contributed by atoms with Crippen LogP contribution in [0.3, 0.4) is 0 Å². The Morgan fingerprint density at radius 1 is 1.53 bits per heavy atom. The van der Waals surface area contributed by atoms with Gasteiger partial charge in [-0.3, -0.25) is 9.69 Å². The lowest BCUT2D eigenvalue weighted by Gasteiger charge is -2.35. The van der Waals surface area contributed by atoms with Gasteiger partial charge >= 0.3 is 6.03 Å². The average molecular weight is 241 g/mol. The summed E-state index contributed by atoms with van der Waals surface area (Å²) in [6.07, 6.45) is 0. The molecular formula is C10H19N5O2. The molecule has 0 aromatic heterocycles. The number of carbonyl (C=O) groups excluding carboxylic acids is 2. The lowest BCUT2D eigenvalue weighted by atomic mass is 10.2. The van der Waals surface area contributed by atoms with Crippen molar-refractivity contribution >= 4 is 11.9 Å². The van der Waals surface area contributed by atoms with Gasteiger partial charge in [-0.25, -0.2) is 4.79 Å². The van der Waals surface area contributed by atoms with E-state index in [0.29, 0.717) is 32.7 Å². The number of nitrogens with zero attached hydrogens (tertiary/aromatic N) is 2. The number of fused-ring (bicyclic) bond motifs is 1. The molecule has 0 aliphatic carbocycles. The predicted octanol–water partition coefficient (Wildman–Crippen LogP) is -2.23. The molecule has 7 nitrogen and oxygen atoms in total. The topological polar surface area (TPSA) is 90.7 Å². The minimum atomic E-state index is 0.00110. The summed E-state index contributed by atoms with van der Waals surface area (Å²) in [5.41, 5.74) is 5.31. The molecular weight excluding hydrogens is 222 g/mol. The summed E-state index contributed by atoms with van der Waals surface area (Å²) >= 11 is 0. The second-order valence-corrected chi connectivity index (χ2v) is 4.41. The van der Waals surface area contributed by atoms with Gasteiger partial charge < -0.3 is 21.3 Å². The van der Waals surface area contributed by atoms with Gasteiger partial charge in [0, 0.05) is 39.3 Å². The maximum absolute atomic E-state index is 11.5. The molecule has 0 aromatic rings. The molecule has 1 atom stereocenters. The van der Waals surface area contributed by atoms with E-state index in [1.165, 1.54) is 0 Å². The first-order chi connectivity index (χ1) is 8.20. The van der Waals surface area contributed by atoms with E-state index in [2.05, 4.69) is 15.5 Å². The van der Waals surface area contributed by atoms with Gasteiger partial charge in [-0.1, -0.05) is 0 Å². The van der Waals surface area contributed by atoms with Gasteiger partial charge in [0.1, 0.15) is 0 Å². The third kappa shape index (κ3) is 2.86. The zero-order valence-electron chi connectivity index (χ0n) is 9.82. The largest absolute Gasteiger partial charge is 0.354 e. The SMILES string of the molecule is NCCNC(=O)CN1CCN2C(=O)NCC2C1. The van der Waals surface area contributed by atoms with E-state index < -0.39 is 0 Å². The van der Waals surface area contributed by atoms with Crippen molar-refractivity contribution in [3.8, 4) is 0 Å². The highest BCUT2D eigenvalue weighted by molar-refractivity contribution is 5.78. The predicted molar refractivity (Wildman–Crippen MR) is 62.4 cm³/mol. The highest BCUT2D eigenvalue weighted by atomic mass is 16.2. The number of rotatable bonds is 4. The van der Waals surface area contributed by atoms with Crippen molar-refractivity contribution in [3.05, 3.63) is 0 Å². The van der Waals surface area contributed by atoms with Crippen LogP contribution < -0.4 is 16.4 Å². The van der Waals surface area contributed by atoms with Crippen LogP contribution in [0.2, 0.25) is 0 Å². The number of amides is 3. The molecule has 96 valence electrons. The number of carbonyl (C=O) groups is 2. The molecule has 2 fully saturated rings. The second-order valence-electron chi connectivity index (χ2n) is 4.41. The van der Waals surface area contributed by atoms with E-state index in [-0.39, 0.29) is 18.0 Å². The average Bonchev–Trinajstić information content (AvgIpc) is 2.68. The summed E-state index contributed by atoms with van der Waals surface area (Å²) in [7, 11) is 0. The fourth-order valence-electron chi connectivity index (χ4n) is 2.28. The van der Waals surface area contributed by atoms with Crippen molar-refractivity contribution in [1.29, 1.82) is 0 Å². The quantitative estimate of drug-likeness (QED) is 0.519. The normalized spacial score (nSPS) is 24.4. The van der Waals surface area contributed by atoms with Crippen LogP contribution in [0.4, 0.5) is 4.79 Å². The Hall–Kier alpha value is -1.34. The summed E-state index contributed by atoms with van der Waals surface area (Å²) in [6, 6.07) is 0.223. The number of urea groups is 1. The van der Waals surface area contributed by atoms with E-state index >= 15 is 0 Å². The fraction of sp³-hybridized carbons (Fsp3) is 0.800. The van der Waals surface area contributed by atoms with Gasteiger partial charge in [0.25, 0.3) is 0 Å². The number of piperazine rings is 1. The maximum atomic E-state index is 11.5. The van der Waals surface area contributed by atoms with Gasteiger partial charge in [0.05, 0.1) is 12.6 Å². The molecule has 0 bridgehead atoms. The maximum Gasteiger partial charge on any atom is 0.317 e. The molecule has 1 unspecified atom stereocenters. The fourth-order valence-corrected chi connectivity index (χ4v) is 2.28.